The minimum atomic E-state index is -2.08. The maximum atomic E-state index is 15.3. The van der Waals surface area contributed by atoms with Crippen molar-refractivity contribution in [2.24, 2.45) is 29.6 Å². The number of aromatic nitrogens is 2. The number of esters is 3. The number of allylic oxidation sites excluding steroid dienone is 2. The number of methoxy groups -OCH3 is 1. The minimum Gasteiger partial charge on any atom is -0.507 e. The molecule has 1 saturated heterocycles. The van der Waals surface area contributed by atoms with Gasteiger partial charge >= 0.3 is 23.7 Å². The van der Waals surface area contributed by atoms with Gasteiger partial charge in [-0.1, -0.05) is 66.7 Å². The lowest BCUT2D eigenvalue weighted by atomic mass is 9.78. The van der Waals surface area contributed by atoms with Gasteiger partial charge in [0, 0.05) is 119 Å². The molecule has 1 amide bonds. The van der Waals surface area contributed by atoms with Crippen LogP contribution in [0, 0.1) is 36.5 Å². The van der Waals surface area contributed by atoms with Crippen molar-refractivity contribution in [3.05, 3.63) is 109 Å². The van der Waals surface area contributed by atoms with E-state index in [1.165, 1.54) is 70.7 Å². The highest BCUT2D eigenvalue weighted by molar-refractivity contribution is 6.29. The lowest BCUT2D eigenvalue weighted by Gasteiger charge is -2.38. The molecule has 0 spiro atoms. The second-order valence-electron chi connectivity index (χ2n) is 22.2. The number of fused-ring (bicyclic) bond motifs is 14. The molecule has 9 atom stereocenters. The molecular formula is C61H73N5O17. The number of ether oxygens (including phenoxy) is 6. The Labute approximate surface area is 478 Å². The zero-order chi connectivity index (χ0) is 60.4. The quantitative estimate of drug-likeness (QED) is 0.0376. The number of pyridine rings is 1. The van der Waals surface area contributed by atoms with Crippen molar-refractivity contribution in [3.8, 4) is 11.5 Å². The molecule has 9 unspecified atom stereocenters. The van der Waals surface area contributed by atoms with Gasteiger partial charge in [0.05, 0.1) is 40.8 Å². The van der Waals surface area contributed by atoms with E-state index in [4.69, 9.17) is 37.8 Å². The number of benzene rings is 3. The van der Waals surface area contributed by atoms with Crippen LogP contribution in [0.25, 0.3) is 38.7 Å². The average Bonchev–Trinajstić information content (AvgIpc) is 2.11. The molecule has 0 saturated carbocycles. The molecule has 5 N–H and O–H groups in total. The van der Waals surface area contributed by atoms with Crippen LogP contribution in [0.2, 0.25) is 0 Å². The van der Waals surface area contributed by atoms with Crippen molar-refractivity contribution in [1.82, 2.24) is 14.9 Å². The topological polar surface area (TPSA) is 296 Å². The number of amides is 1. The number of phenols is 1. The van der Waals surface area contributed by atoms with Crippen LogP contribution in [-0.2, 0) is 55.9 Å². The van der Waals surface area contributed by atoms with Crippen LogP contribution in [0.15, 0.2) is 80.7 Å². The Balaban J connectivity index is 1.31. The minimum absolute atomic E-state index is 0.0416. The van der Waals surface area contributed by atoms with E-state index in [0.717, 1.165) is 25.2 Å². The summed E-state index contributed by atoms with van der Waals surface area (Å²) in [6.07, 6.45) is 6.07. The van der Waals surface area contributed by atoms with Gasteiger partial charge in [0.2, 0.25) is 10.9 Å². The van der Waals surface area contributed by atoms with E-state index in [9.17, 15) is 44.4 Å². The molecule has 5 bridgehead atoms. The summed E-state index contributed by atoms with van der Waals surface area (Å²) >= 11 is 0. The van der Waals surface area contributed by atoms with Gasteiger partial charge in [0.1, 0.15) is 42.0 Å². The maximum Gasteiger partial charge on any atom is 0.417 e. The fraction of sp³-hybridized carbons (Fsp3) is 0.475. The summed E-state index contributed by atoms with van der Waals surface area (Å²) in [5.74, 6) is -10.7. The summed E-state index contributed by atoms with van der Waals surface area (Å²) in [6.45, 7) is 19.2. The number of nitrogens with one attached hydrogen (secondary N) is 1. The molecule has 1 fully saturated rings. The summed E-state index contributed by atoms with van der Waals surface area (Å²) in [4.78, 5) is 96.8. The number of piperazine rings is 1. The first kappa shape index (κ1) is 61.2. The number of anilines is 2. The average molecular weight is 1150 g/mol. The van der Waals surface area contributed by atoms with Crippen molar-refractivity contribution >= 4 is 73.9 Å². The van der Waals surface area contributed by atoms with Gasteiger partial charge in [-0.2, -0.15) is 0 Å². The molecule has 9 rings (SSSR count). The Morgan fingerprint density at radius 2 is 1.60 bits per heavy atom. The number of phenolic OH excluding ortho intramolecular Hbond substituents is 1. The highest BCUT2D eigenvalue weighted by Crippen LogP contribution is 2.42. The van der Waals surface area contributed by atoms with Gasteiger partial charge in [-0.3, -0.25) is 29.1 Å². The summed E-state index contributed by atoms with van der Waals surface area (Å²) in [7, 11) is 1.41. The first-order valence-corrected chi connectivity index (χ1v) is 27.8. The lowest BCUT2D eigenvalue weighted by molar-refractivity contribution is -0.168. The van der Waals surface area contributed by atoms with Crippen molar-refractivity contribution in [1.29, 1.82) is 0 Å². The Kier molecular flexibility index (Phi) is 18.6. The van der Waals surface area contributed by atoms with Gasteiger partial charge in [-0.05, 0) is 42.5 Å². The van der Waals surface area contributed by atoms with E-state index in [1.807, 2.05) is 11.8 Å². The number of hydrogen-bond donors (Lipinski definition) is 5. The Bertz CT molecular complexity index is 3610. The van der Waals surface area contributed by atoms with Crippen molar-refractivity contribution in [2.75, 3.05) is 56.7 Å². The zero-order valence-electron chi connectivity index (χ0n) is 48.5. The van der Waals surface area contributed by atoms with Crippen LogP contribution in [0.1, 0.15) is 79.0 Å². The molecule has 5 aromatic rings. The van der Waals surface area contributed by atoms with Crippen molar-refractivity contribution in [3.63, 3.8) is 0 Å². The molecule has 4 aliphatic heterocycles. The molecular weight excluding hydrogens is 1070 g/mol. The molecule has 6 heterocycles. The second-order valence-corrected chi connectivity index (χ2v) is 22.2. The molecule has 4 aliphatic rings. The summed E-state index contributed by atoms with van der Waals surface area (Å²) < 4.78 is 41.4. The second kappa shape index (κ2) is 25.3. The Morgan fingerprint density at radius 3 is 2.27 bits per heavy atom. The maximum absolute atomic E-state index is 15.3. The zero-order valence-corrected chi connectivity index (χ0v) is 48.5. The van der Waals surface area contributed by atoms with Crippen LogP contribution in [-0.4, -0.2) is 136 Å². The van der Waals surface area contributed by atoms with Gasteiger partial charge in [0.15, 0.2) is 22.4 Å². The van der Waals surface area contributed by atoms with Gasteiger partial charge in [-0.25, -0.2) is 14.6 Å². The largest absolute Gasteiger partial charge is 0.507 e. The standard InChI is InChI=1S/C61H73N5O17/c1-12-37-26-62-18-16-38(37)28-78-59(75)60(76)79-29-39-15-13-14-31(4)50(69)33(6)51(70)34(7)54(81-36(9)67)32(5)42(77-11)17-23-80-61(10)57(73)46-44-45(52(71)35(8)55(46)83-61)53(72)49(64-58(39)74)56-48(44)63-47-41(68)24-40(25-43(47)82-56)66-21-19-65(20-22-66)27-30(2)3/h13-18,23-26,30-34,42,50-51,54,69-71,73H,12,19-22,27-29H2,1-11H3,(H,64,74). The van der Waals surface area contributed by atoms with E-state index in [2.05, 4.69) is 29.0 Å². The summed E-state index contributed by atoms with van der Waals surface area (Å²) in [5, 5.41) is 49.8. The molecule has 83 heavy (non-hydrogen) atoms. The third-order valence-electron chi connectivity index (χ3n) is 15.9. The van der Waals surface area contributed by atoms with Crippen LogP contribution < -0.4 is 31.0 Å². The van der Waals surface area contributed by atoms with E-state index in [-0.39, 0.29) is 50.7 Å². The van der Waals surface area contributed by atoms with Crippen LogP contribution in [0.4, 0.5) is 11.4 Å². The first-order chi connectivity index (χ1) is 39.4. The highest BCUT2D eigenvalue weighted by Gasteiger charge is 2.44. The lowest BCUT2D eigenvalue weighted by Crippen LogP contribution is -2.47. The number of hydrogen-bond acceptors (Lipinski definition) is 21. The molecule has 22 heteroatoms. The highest BCUT2D eigenvalue weighted by atomic mass is 16.7. The number of aromatic hydroxyl groups is 1. The number of rotatable bonds is 10. The molecule has 2 aromatic heterocycles. The monoisotopic (exact) mass is 1150 g/mol. The third kappa shape index (κ3) is 12.6. The number of carbonyl (C=O) groups excluding carboxylic acids is 4. The molecule has 0 aliphatic carbocycles. The normalized spacial score (nSPS) is 24.7. The molecule has 3 aromatic carbocycles. The van der Waals surface area contributed by atoms with Crippen LogP contribution >= 0.6 is 0 Å². The first-order valence-electron chi connectivity index (χ1n) is 27.8. The van der Waals surface area contributed by atoms with Gasteiger partial charge in [0.25, 0.3) is 5.91 Å². The number of aliphatic hydroxyl groups excluding tert-OH is 3. The smallest absolute Gasteiger partial charge is 0.417 e. The van der Waals surface area contributed by atoms with E-state index >= 15 is 4.79 Å². The van der Waals surface area contributed by atoms with Crippen molar-refractivity contribution < 1.29 is 72.4 Å². The predicted octanol–water partition coefficient (Wildman–Crippen LogP) is 5.56. The van der Waals surface area contributed by atoms with Gasteiger partial charge in [-0.15, -0.1) is 0 Å². The number of nitrogens with zero attached hydrogens (tertiary/aromatic N) is 4. The van der Waals surface area contributed by atoms with E-state index in [1.54, 1.807) is 46.0 Å². The van der Waals surface area contributed by atoms with E-state index < -0.39 is 123 Å². The van der Waals surface area contributed by atoms with Crippen LogP contribution in [0.3, 0.4) is 0 Å². The Morgan fingerprint density at radius 1 is 0.904 bits per heavy atom. The summed E-state index contributed by atoms with van der Waals surface area (Å²) in [6, 6.07) is 4.67. The van der Waals surface area contributed by atoms with E-state index in [0.29, 0.717) is 36.7 Å². The summed E-state index contributed by atoms with van der Waals surface area (Å²) in [5.41, 5.74) is -1.66. The van der Waals surface area contributed by atoms with Crippen LogP contribution in [0.5, 0.6) is 11.5 Å². The molecule has 22 nitrogen and oxygen atoms in total. The third-order valence-corrected chi connectivity index (χ3v) is 15.9. The predicted molar refractivity (Wildman–Crippen MR) is 307 cm³/mol. The molecule has 444 valence electrons. The fourth-order valence-electron chi connectivity index (χ4n) is 11.2. The van der Waals surface area contributed by atoms with Crippen molar-refractivity contribution in [2.45, 2.75) is 112 Å². The number of aryl methyl sites for hydroxylation is 1. The SMILES string of the molecule is CCc1cnccc1COC(=O)C(=O)OCC1=CC=CC(C)C(O)C(C)C(O)C(C)C(OC(C)=O)C(C)C(OC)C=COC2(C)Oc3c(C)c(O)c4c(=O)c(c5oc6cc(N7CCN(CC(C)C)CC7)cc(=O)c6nc5c4c3=C2O)NC1=O. The Hall–Kier alpha value is -7.92. The fourth-order valence-corrected chi connectivity index (χ4v) is 11.2. The number of aliphatic hydroxyl groups is 3. The van der Waals surface area contributed by atoms with Gasteiger partial charge < -0.3 is 63.5 Å². The number of carbonyl (C=O) groups is 4. The molecule has 0 radical (unpaired) electrons.